The first-order chi connectivity index (χ1) is 13.3. The number of anilines is 1. The number of piperidine rings is 1. The van der Waals surface area contributed by atoms with E-state index in [1.165, 1.54) is 5.56 Å². The van der Waals surface area contributed by atoms with Gasteiger partial charge in [0.1, 0.15) is 5.82 Å². The fourth-order valence-corrected chi connectivity index (χ4v) is 4.44. The van der Waals surface area contributed by atoms with E-state index in [0.717, 1.165) is 44.8 Å². The normalized spacial score (nSPS) is 22.0. The second kappa shape index (κ2) is 10.8. The van der Waals surface area contributed by atoms with Crippen LogP contribution in [0.1, 0.15) is 24.3 Å². The van der Waals surface area contributed by atoms with Crippen molar-refractivity contribution in [2.75, 3.05) is 37.6 Å². The lowest BCUT2D eigenvalue weighted by Crippen LogP contribution is -2.42. The predicted molar refractivity (Wildman–Crippen MR) is 120 cm³/mol. The van der Waals surface area contributed by atoms with Gasteiger partial charge in [-0.25, -0.2) is 4.98 Å². The summed E-state index contributed by atoms with van der Waals surface area (Å²) in [5.74, 6) is 1.99. The van der Waals surface area contributed by atoms with Gasteiger partial charge < -0.3 is 15.5 Å². The first-order valence-corrected chi connectivity index (χ1v) is 9.81. The molecule has 2 fully saturated rings. The Hall–Kier alpha value is -1.89. The van der Waals surface area contributed by atoms with E-state index in [9.17, 15) is 4.79 Å². The number of benzene rings is 1. The molecule has 8 heteroatoms. The van der Waals surface area contributed by atoms with E-state index >= 15 is 0 Å². The number of carbonyl (C=O) groups excluding carboxylic acids is 1. The van der Waals surface area contributed by atoms with E-state index in [2.05, 4.69) is 44.0 Å². The largest absolute Gasteiger partial charge is 0.355 e. The Morgan fingerprint density at radius 3 is 2.41 bits per heavy atom. The molecule has 0 unspecified atom stereocenters. The van der Waals surface area contributed by atoms with E-state index < -0.39 is 0 Å². The lowest BCUT2D eigenvalue weighted by molar-refractivity contribution is -0.135. The molecule has 0 spiro atoms. The van der Waals surface area contributed by atoms with Crippen molar-refractivity contribution in [3.63, 3.8) is 0 Å². The molecule has 0 radical (unpaired) electrons. The maximum absolute atomic E-state index is 13.1. The molecule has 0 saturated carbocycles. The molecule has 2 saturated heterocycles. The highest BCUT2D eigenvalue weighted by atomic mass is 35.5. The molecule has 2 N–H and O–H groups in total. The average Bonchev–Trinajstić information content (AvgIpc) is 3.19. The molecular weight excluding hydrogens is 409 g/mol. The maximum atomic E-state index is 13.1. The molecule has 29 heavy (non-hydrogen) atoms. The Labute approximate surface area is 184 Å². The van der Waals surface area contributed by atoms with Gasteiger partial charge in [-0.05, 0) is 30.9 Å². The Balaban J connectivity index is 0.00000150. The number of aromatic nitrogens is 2. The van der Waals surface area contributed by atoms with Gasteiger partial charge in [-0.15, -0.1) is 24.8 Å². The summed E-state index contributed by atoms with van der Waals surface area (Å²) in [6, 6.07) is 10.5. The standard InChI is InChI=1S/C21H27N5O.2ClH/c22-12-18-14-26(15-19(18)16-4-2-1-3-5-16)21(27)17-6-10-25(11-7-17)20-13-23-8-9-24-20;;/h1-5,8-9,13,17-19H,6-7,10-12,14-15,22H2;2*1H/t18-,19+;;/m1../s1. The molecule has 6 nitrogen and oxygen atoms in total. The molecule has 1 aromatic carbocycles. The molecule has 158 valence electrons. The highest BCUT2D eigenvalue weighted by molar-refractivity contribution is 5.85. The number of carbonyl (C=O) groups is 1. The summed E-state index contributed by atoms with van der Waals surface area (Å²) in [7, 11) is 0. The monoisotopic (exact) mass is 437 g/mol. The quantitative estimate of drug-likeness (QED) is 0.795. The summed E-state index contributed by atoms with van der Waals surface area (Å²) in [5, 5.41) is 0. The number of hydrogen-bond acceptors (Lipinski definition) is 5. The van der Waals surface area contributed by atoms with Gasteiger partial charge in [0.15, 0.2) is 0 Å². The third-order valence-corrected chi connectivity index (χ3v) is 6.00. The van der Waals surface area contributed by atoms with Crippen molar-refractivity contribution >= 4 is 36.5 Å². The van der Waals surface area contributed by atoms with Crippen LogP contribution in [0.15, 0.2) is 48.9 Å². The van der Waals surface area contributed by atoms with Gasteiger partial charge in [-0.1, -0.05) is 30.3 Å². The SMILES string of the molecule is Cl.Cl.NC[C@@H]1CN(C(=O)C2CCN(c3cnccn3)CC2)C[C@H]1c1ccccc1. The third-order valence-electron chi connectivity index (χ3n) is 6.00. The van der Waals surface area contributed by atoms with Crippen LogP contribution >= 0.6 is 24.8 Å². The Morgan fingerprint density at radius 2 is 1.79 bits per heavy atom. The number of likely N-dealkylation sites (tertiary alicyclic amines) is 1. The lowest BCUT2D eigenvalue weighted by atomic mass is 9.89. The minimum absolute atomic E-state index is 0. The second-order valence-corrected chi connectivity index (χ2v) is 7.58. The molecule has 2 aromatic rings. The Kier molecular flexibility index (Phi) is 8.68. The molecule has 2 aliphatic heterocycles. The fraction of sp³-hybridized carbons (Fsp3) is 0.476. The number of nitrogens with two attached hydrogens (primary N) is 1. The van der Waals surface area contributed by atoms with Crippen molar-refractivity contribution in [1.29, 1.82) is 0 Å². The molecule has 1 amide bonds. The highest BCUT2D eigenvalue weighted by Crippen LogP contribution is 2.34. The van der Waals surface area contributed by atoms with E-state index in [1.54, 1.807) is 18.6 Å². The van der Waals surface area contributed by atoms with E-state index in [-0.39, 0.29) is 30.7 Å². The molecule has 3 heterocycles. The maximum Gasteiger partial charge on any atom is 0.225 e. The molecular formula is C21H29Cl2N5O. The molecule has 2 atom stereocenters. The Morgan fingerprint density at radius 1 is 1.07 bits per heavy atom. The van der Waals surface area contributed by atoms with Crippen LogP contribution in [0, 0.1) is 11.8 Å². The number of hydrogen-bond donors (Lipinski definition) is 1. The van der Waals surface area contributed by atoms with Gasteiger partial charge in [0.25, 0.3) is 0 Å². The summed E-state index contributed by atoms with van der Waals surface area (Å²) < 4.78 is 0. The van der Waals surface area contributed by atoms with Crippen LogP contribution in [0.5, 0.6) is 0 Å². The van der Waals surface area contributed by atoms with Gasteiger partial charge >= 0.3 is 0 Å². The zero-order valence-electron chi connectivity index (χ0n) is 16.4. The molecule has 0 aliphatic carbocycles. The smallest absolute Gasteiger partial charge is 0.225 e. The molecule has 0 bridgehead atoms. The molecule has 4 rings (SSSR count). The number of halogens is 2. The summed E-state index contributed by atoms with van der Waals surface area (Å²) in [4.78, 5) is 25.9. The van der Waals surface area contributed by atoms with Crippen LogP contribution in [-0.2, 0) is 4.79 Å². The zero-order chi connectivity index (χ0) is 18.6. The van der Waals surface area contributed by atoms with Crippen molar-refractivity contribution in [2.24, 2.45) is 17.6 Å². The highest BCUT2D eigenvalue weighted by Gasteiger charge is 2.38. The topological polar surface area (TPSA) is 75.3 Å². The number of amides is 1. The summed E-state index contributed by atoms with van der Waals surface area (Å²) in [6.45, 7) is 3.89. The van der Waals surface area contributed by atoms with E-state index in [4.69, 9.17) is 5.73 Å². The van der Waals surface area contributed by atoms with Crippen LogP contribution in [0.2, 0.25) is 0 Å². The van der Waals surface area contributed by atoms with Crippen LogP contribution in [0.25, 0.3) is 0 Å². The van der Waals surface area contributed by atoms with Gasteiger partial charge in [0.05, 0.1) is 6.20 Å². The predicted octanol–water partition coefficient (Wildman–Crippen LogP) is 2.74. The van der Waals surface area contributed by atoms with Crippen molar-refractivity contribution in [3.05, 3.63) is 54.5 Å². The van der Waals surface area contributed by atoms with Crippen LogP contribution in [0.3, 0.4) is 0 Å². The van der Waals surface area contributed by atoms with Gasteiger partial charge in [0.2, 0.25) is 5.91 Å². The average molecular weight is 438 g/mol. The summed E-state index contributed by atoms with van der Waals surface area (Å²) >= 11 is 0. The van der Waals surface area contributed by atoms with E-state index in [1.807, 2.05) is 6.07 Å². The number of rotatable bonds is 4. The molecule has 2 aliphatic rings. The third kappa shape index (κ3) is 5.18. The van der Waals surface area contributed by atoms with E-state index in [0.29, 0.717) is 24.3 Å². The second-order valence-electron chi connectivity index (χ2n) is 7.58. The van der Waals surface area contributed by atoms with Crippen LogP contribution in [0.4, 0.5) is 5.82 Å². The first kappa shape index (κ1) is 23.4. The summed E-state index contributed by atoms with van der Waals surface area (Å²) in [6.07, 6.45) is 6.93. The fourth-order valence-electron chi connectivity index (χ4n) is 4.44. The van der Waals surface area contributed by atoms with Gasteiger partial charge in [0, 0.05) is 50.4 Å². The molecule has 1 aromatic heterocycles. The van der Waals surface area contributed by atoms with Gasteiger partial charge in [-0.3, -0.25) is 9.78 Å². The minimum Gasteiger partial charge on any atom is -0.355 e. The minimum atomic E-state index is 0. The van der Waals surface area contributed by atoms with Gasteiger partial charge in [-0.2, -0.15) is 0 Å². The summed E-state index contributed by atoms with van der Waals surface area (Å²) in [5.41, 5.74) is 7.32. The lowest BCUT2D eigenvalue weighted by Gasteiger charge is -2.33. The van der Waals surface area contributed by atoms with Crippen molar-refractivity contribution < 1.29 is 4.79 Å². The van der Waals surface area contributed by atoms with Crippen molar-refractivity contribution in [3.8, 4) is 0 Å². The Bertz CT molecular complexity index is 756. The van der Waals surface area contributed by atoms with Crippen molar-refractivity contribution in [2.45, 2.75) is 18.8 Å². The van der Waals surface area contributed by atoms with Crippen molar-refractivity contribution in [1.82, 2.24) is 14.9 Å². The first-order valence-electron chi connectivity index (χ1n) is 9.81. The van der Waals surface area contributed by atoms with Crippen LogP contribution < -0.4 is 10.6 Å². The number of nitrogens with zero attached hydrogens (tertiary/aromatic N) is 4. The van der Waals surface area contributed by atoms with Crippen LogP contribution in [-0.4, -0.2) is 53.5 Å². The zero-order valence-corrected chi connectivity index (χ0v) is 18.0.